The minimum atomic E-state index is 0.561. The van der Waals surface area contributed by atoms with E-state index in [2.05, 4.69) is 21.7 Å². The minimum absolute atomic E-state index is 0.561. The summed E-state index contributed by atoms with van der Waals surface area (Å²) in [6.07, 6.45) is 3.74. The molecule has 0 aliphatic carbocycles. The van der Waals surface area contributed by atoms with Gasteiger partial charge in [-0.3, -0.25) is 4.98 Å². The van der Waals surface area contributed by atoms with Crippen LogP contribution in [0.1, 0.15) is 12.5 Å². The first-order chi connectivity index (χ1) is 7.85. The molecule has 0 unspecified atom stereocenters. The van der Waals surface area contributed by atoms with Gasteiger partial charge in [-0.15, -0.1) is 11.6 Å². The molecule has 4 heteroatoms. The normalized spacial score (nSPS) is 17.8. The maximum absolute atomic E-state index is 5.94. The summed E-state index contributed by atoms with van der Waals surface area (Å²) in [5.74, 6) is 0.561. The van der Waals surface area contributed by atoms with Gasteiger partial charge in [0.15, 0.2) is 0 Å². The number of alkyl halides is 1. The summed E-state index contributed by atoms with van der Waals surface area (Å²) in [4.78, 5) is 9.05. The SMILES string of the molecule is CCN1CCN(c2cnccc2CCl)CC1. The summed E-state index contributed by atoms with van der Waals surface area (Å²) in [6, 6.07) is 2.01. The van der Waals surface area contributed by atoms with Crippen molar-refractivity contribution < 1.29 is 0 Å². The van der Waals surface area contributed by atoms with E-state index in [1.54, 1.807) is 0 Å². The van der Waals surface area contributed by atoms with Crippen molar-refractivity contribution in [2.75, 3.05) is 37.6 Å². The first-order valence-corrected chi connectivity index (χ1v) is 6.34. The maximum Gasteiger partial charge on any atom is 0.0598 e. The van der Waals surface area contributed by atoms with E-state index < -0.39 is 0 Å². The van der Waals surface area contributed by atoms with Crippen LogP contribution in [0, 0.1) is 0 Å². The number of pyridine rings is 1. The largest absolute Gasteiger partial charge is 0.367 e. The zero-order valence-electron chi connectivity index (χ0n) is 9.69. The van der Waals surface area contributed by atoms with E-state index in [4.69, 9.17) is 11.6 Å². The van der Waals surface area contributed by atoms with E-state index >= 15 is 0 Å². The number of aromatic nitrogens is 1. The molecule has 0 spiro atoms. The van der Waals surface area contributed by atoms with Gasteiger partial charge in [-0.25, -0.2) is 0 Å². The van der Waals surface area contributed by atoms with Crippen molar-refractivity contribution in [3.05, 3.63) is 24.0 Å². The minimum Gasteiger partial charge on any atom is -0.367 e. The van der Waals surface area contributed by atoms with Gasteiger partial charge in [-0.05, 0) is 18.2 Å². The van der Waals surface area contributed by atoms with Crippen molar-refractivity contribution in [2.24, 2.45) is 0 Å². The van der Waals surface area contributed by atoms with Crippen molar-refractivity contribution in [3.8, 4) is 0 Å². The lowest BCUT2D eigenvalue weighted by Crippen LogP contribution is -2.46. The molecule has 1 aromatic rings. The maximum atomic E-state index is 5.94. The summed E-state index contributed by atoms with van der Waals surface area (Å²) in [7, 11) is 0. The molecule has 1 aliphatic rings. The molecule has 88 valence electrons. The topological polar surface area (TPSA) is 19.4 Å². The van der Waals surface area contributed by atoms with Crippen LogP contribution in [0.3, 0.4) is 0 Å². The van der Waals surface area contributed by atoms with Gasteiger partial charge >= 0.3 is 0 Å². The second kappa shape index (κ2) is 5.51. The monoisotopic (exact) mass is 239 g/mol. The third kappa shape index (κ3) is 2.47. The van der Waals surface area contributed by atoms with Gasteiger partial charge in [0.1, 0.15) is 0 Å². The van der Waals surface area contributed by atoms with Crippen LogP contribution in [-0.2, 0) is 5.88 Å². The van der Waals surface area contributed by atoms with Crippen LogP contribution in [0.2, 0.25) is 0 Å². The van der Waals surface area contributed by atoms with Crippen molar-refractivity contribution in [2.45, 2.75) is 12.8 Å². The average molecular weight is 240 g/mol. The van der Waals surface area contributed by atoms with Crippen LogP contribution in [0.4, 0.5) is 5.69 Å². The van der Waals surface area contributed by atoms with E-state index in [1.807, 2.05) is 18.5 Å². The molecule has 0 atom stereocenters. The van der Waals surface area contributed by atoms with Crippen molar-refractivity contribution in [1.29, 1.82) is 0 Å². The van der Waals surface area contributed by atoms with E-state index in [1.165, 1.54) is 11.3 Å². The lowest BCUT2D eigenvalue weighted by atomic mass is 10.2. The van der Waals surface area contributed by atoms with Gasteiger partial charge in [0.2, 0.25) is 0 Å². The molecule has 0 radical (unpaired) electrons. The van der Waals surface area contributed by atoms with Crippen LogP contribution in [0.5, 0.6) is 0 Å². The smallest absolute Gasteiger partial charge is 0.0598 e. The molecular formula is C12H18ClN3. The molecule has 2 heterocycles. The lowest BCUT2D eigenvalue weighted by molar-refractivity contribution is 0.271. The van der Waals surface area contributed by atoms with Crippen molar-refractivity contribution in [3.63, 3.8) is 0 Å². The summed E-state index contributed by atoms with van der Waals surface area (Å²) in [5.41, 5.74) is 2.38. The van der Waals surface area contributed by atoms with Gasteiger partial charge < -0.3 is 9.80 Å². The van der Waals surface area contributed by atoms with Crippen molar-refractivity contribution >= 4 is 17.3 Å². The fraction of sp³-hybridized carbons (Fsp3) is 0.583. The average Bonchev–Trinajstić information content (AvgIpc) is 2.39. The highest BCUT2D eigenvalue weighted by Gasteiger charge is 2.17. The zero-order chi connectivity index (χ0) is 11.4. The molecule has 16 heavy (non-hydrogen) atoms. The lowest BCUT2D eigenvalue weighted by Gasteiger charge is -2.36. The second-order valence-electron chi connectivity index (χ2n) is 4.06. The number of hydrogen-bond donors (Lipinski definition) is 0. The predicted octanol–water partition coefficient (Wildman–Crippen LogP) is 1.96. The van der Waals surface area contributed by atoms with Gasteiger partial charge in [-0.1, -0.05) is 6.92 Å². The van der Waals surface area contributed by atoms with Crippen molar-refractivity contribution in [1.82, 2.24) is 9.88 Å². The molecule has 3 nitrogen and oxygen atoms in total. The summed E-state index contributed by atoms with van der Waals surface area (Å²) in [6.45, 7) is 7.76. The molecule has 1 aliphatic heterocycles. The highest BCUT2D eigenvalue weighted by Crippen LogP contribution is 2.21. The standard InChI is InChI=1S/C12H18ClN3/c1-2-15-5-7-16(8-6-15)12-10-14-4-3-11(12)9-13/h3-4,10H,2,5-9H2,1H3. The Morgan fingerprint density at radius 1 is 1.31 bits per heavy atom. The fourth-order valence-electron chi connectivity index (χ4n) is 2.12. The second-order valence-corrected chi connectivity index (χ2v) is 4.33. The number of piperazine rings is 1. The molecule has 0 aromatic carbocycles. The molecule has 1 fully saturated rings. The van der Waals surface area contributed by atoms with Crippen LogP contribution in [0.25, 0.3) is 0 Å². The van der Waals surface area contributed by atoms with E-state index in [0.717, 1.165) is 32.7 Å². The molecule has 1 saturated heterocycles. The molecule has 0 amide bonds. The predicted molar refractivity (Wildman–Crippen MR) is 68.1 cm³/mol. The Balaban J connectivity index is 2.07. The van der Waals surface area contributed by atoms with Gasteiger partial charge in [0.25, 0.3) is 0 Å². The summed E-state index contributed by atoms with van der Waals surface area (Å²) >= 11 is 5.94. The number of halogens is 1. The Kier molecular flexibility index (Phi) is 4.02. The van der Waals surface area contributed by atoms with E-state index in [-0.39, 0.29) is 0 Å². The number of hydrogen-bond acceptors (Lipinski definition) is 3. The van der Waals surface area contributed by atoms with Crippen LogP contribution >= 0.6 is 11.6 Å². The number of nitrogens with zero attached hydrogens (tertiary/aromatic N) is 3. The summed E-state index contributed by atoms with van der Waals surface area (Å²) in [5, 5.41) is 0. The first kappa shape index (κ1) is 11.7. The number of likely N-dealkylation sites (N-methyl/N-ethyl adjacent to an activating group) is 1. The van der Waals surface area contributed by atoms with Crippen LogP contribution < -0.4 is 4.90 Å². The zero-order valence-corrected chi connectivity index (χ0v) is 10.5. The fourth-order valence-corrected chi connectivity index (χ4v) is 2.34. The molecule has 1 aromatic heterocycles. The molecular weight excluding hydrogens is 222 g/mol. The Morgan fingerprint density at radius 3 is 2.69 bits per heavy atom. The molecule has 2 rings (SSSR count). The third-order valence-corrected chi connectivity index (χ3v) is 3.48. The van der Waals surface area contributed by atoms with Gasteiger partial charge in [0, 0.05) is 38.3 Å². The van der Waals surface area contributed by atoms with Gasteiger partial charge in [-0.2, -0.15) is 0 Å². The molecule has 0 bridgehead atoms. The number of rotatable bonds is 3. The Hall–Kier alpha value is -0.800. The van der Waals surface area contributed by atoms with Gasteiger partial charge in [0.05, 0.1) is 11.9 Å². The quantitative estimate of drug-likeness (QED) is 0.752. The summed E-state index contributed by atoms with van der Waals surface area (Å²) < 4.78 is 0. The third-order valence-electron chi connectivity index (χ3n) is 3.19. The van der Waals surface area contributed by atoms with Crippen LogP contribution in [-0.4, -0.2) is 42.6 Å². The molecule has 0 N–H and O–H groups in total. The Morgan fingerprint density at radius 2 is 2.06 bits per heavy atom. The molecule has 0 saturated carbocycles. The Labute approximate surface area is 102 Å². The van der Waals surface area contributed by atoms with Crippen LogP contribution in [0.15, 0.2) is 18.5 Å². The first-order valence-electron chi connectivity index (χ1n) is 5.81. The Bertz CT molecular complexity index is 335. The number of anilines is 1. The highest BCUT2D eigenvalue weighted by atomic mass is 35.5. The van der Waals surface area contributed by atoms with E-state index in [0.29, 0.717) is 5.88 Å². The highest BCUT2D eigenvalue weighted by molar-refractivity contribution is 6.17. The van der Waals surface area contributed by atoms with E-state index in [9.17, 15) is 0 Å².